The van der Waals surface area contributed by atoms with Gasteiger partial charge in [0, 0.05) is 18.1 Å². The minimum absolute atomic E-state index is 0.0730. The molecule has 1 fully saturated rings. The third-order valence-electron chi connectivity index (χ3n) is 2.89. The predicted octanol–water partition coefficient (Wildman–Crippen LogP) is 1.89. The molecule has 0 unspecified atom stereocenters. The van der Waals surface area contributed by atoms with Gasteiger partial charge in [0.15, 0.2) is 0 Å². The van der Waals surface area contributed by atoms with E-state index in [1.165, 1.54) is 25.2 Å². The molecular weight excluding hydrogens is 323 g/mol. The van der Waals surface area contributed by atoms with Gasteiger partial charge in [0.25, 0.3) is 0 Å². The van der Waals surface area contributed by atoms with E-state index < -0.39 is 10.0 Å². The van der Waals surface area contributed by atoms with Gasteiger partial charge in [-0.05, 0) is 31.0 Å². The van der Waals surface area contributed by atoms with Crippen LogP contribution in [0, 0.1) is 0 Å². The zero-order valence-electron chi connectivity index (χ0n) is 10.8. The lowest BCUT2D eigenvalue weighted by Gasteiger charge is -2.17. The molecule has 5 nitrogen and oxygen atoms in total. The zero-order valence-corrected chi connectivity index (χ0v) is 13.1. The second-order valence-corrected chi connectivity index (χ2v) is 7.53. The molecule has 1 aromatic rings. The van der Waals surface area contributed by atoms with Gasteiger partial charge in [-0.3, -0.25) is 4.79 Å². The van der Waals surface area contributed by atoms with E-state index in [1.807, 2.05) is 0 Å². The summed E-state index contributed by atoms with van der Waals surface area (Å²) < 4.78 is 25.7. The van der Waals surface area contributed by atoms with Gasteiger partial charge >= 0.3 is 0 Å². The van der Waals surface area contributed by atoms with E-state index in [0.29, 0.717) is 0 Å². The van der Waals surface area contributed by atoms with Crippen molar-refractivity contribution < 1.29 is 13.2 Å². The van der Waals surface area contributed by atoms with Crippen molar-refractivity contribution in [3.05, 3.63) is 28.2 Å². The lowest BCUT2D eigenvalue weighted by molar-refractivity contribution is -0.121. The van der Waals surface area contributed by atoms with Crippen LogP contribution in [0.5, 0.6) is 0 Å². The molecule has 0 saturated heterocycles. The number of likely N-dealkylation sites (N-methyl/N-ethyl adjacent to an activating group) is 1. The fourth-order valence-electron chi connectivity index (χ4n) is 1.63. The zero-order chi connectivity index (χ0) is 14.9. The van der Waals surface area contributed by atoms with E-state index in [9.17, 15) is 13.2 Å². The summed E-state index contributed by atoms with van der Waals surface area (Å²) >= 11 is 11.7. The second-order valence-electron chi connectivity index (χ2n) is 4.68. The van der Waals surface area contributed by atoms with Gasteiger partial charge in [-0.15, -0.1) is 0 Å². The largest absolute Gasteiger partial charge is 0.352 e. The van der Waals surface area contributed by atoms with Crippen LogP contribution in [-0.4, -0.2) is 38.3 Å². The van der Waals surface area contributed by atoms with Crippen LogP contribution in [-0.2, 0) is 14.8 Å². The molecule has 1 aliphatic carbocycles. The highest BCUT2D eigenvalue weighted by Gasteiger charge is 2.28. The third-order valence-corrected chi connectivity index (χ3v) is 5.41. The van der Waals surface area contributed by atoms with Crippen molar-refractivity contribution in [1.82, 2.24) is 9.62 Å². The molecule has 0 aliphatic heterocycles. The smallest absolute Gasteiger partial charge is 0.244 e. The number of sulfonamides is 1. The van der Waals surface area contributed by atoms with Gasteiger partial charge in [-0.25, -0.2) is 8.42 Å². The Balaban J connectivity index is 2.15. The van der Waals surface area contributed by atoms with Gasteiger partial charge in [-0.1, -0.05) is 23.2 Å². The van der Waals surface area contributed by atoms with Crippen molar-refractivity contribution in [2.45, 2.75) is 23.8 Å². The van der Waals surface area contributed by atoms with Gasteiger partial charge in [0.1, 0.15) is 4.90 Å². The lowest BCUT2D eigenvalue weighted by Crippen LogP contribution is -2.39. The van der Waals surface area contributed by atoms with Crippen LogP contribution >= 0.6 is 23.2 Å². The molecule has 0 radical (unpaired) electrons. The Morgan fingerprint density at radius 1 is 1.40 bits per heavy atom. The first-order valence-electron chi connectivity index (χ1n) is 6.01. The topological polar surface area (TPSA) is 66.5 Å². The SMILES string of the molecule is CN(CC(=O)NC1CC1)S(=O)(=O)c1cc(Cl)ccc1Cl. The Bertz CT molecular complexity index is 630. The summed E-state index contributed by atoms with van der Waals surface area (Å²) in [6, 6.07) is 4.37. The first-order chi connectivity index (χ1) is 9.30. The number of hydrogen-bond donors (Lipinski definition) is 1. The van der Waals surface area contributed by atoms with Crippen molar-refractivity contribution in [3.8, 4) is 0 Å². The first kappa shape index (κ1) is 15.6. The number of carbonyl (C=O) groups excluding carboxylic acids is 1. The molecule has 1 N–H and O–H groups in total. The van der Waals surface area contributed by atoms with E-state index in [0.717, 1.165) is 17.1 Å². The molecule has 2 rings (SSSR count). The van der Waals surface area contributed by atoms with Crippen LogP contribution in [0.25, 0.3) is 0 Å². The maximum absolute atomic E-state index is 12.3. The number of amides is 1. The van der Waals surface area contributed by atoms with Crippen LogP contribution in [0.1, 0.15) is 12.8 Å². The summed E-state index contributed by atoms with van der Waals surface area (Å²) in [5.74, 6) is -0.322. The van der Waals surface area contributed by atoms with Crippen molar-refractivity contribution >= 4 is 39.1 Å². The highest BCUT2D eigenvalue weighted by Crippen LogP contribution is 2.27. The number of nitrogens with zero attached hydrogens (tertiary/aromatic N) is 1. The standard InChI is InChI=1S/C12H14Cl2N2O3S/c1-16(7-12(17)15-9-3-4-9)20(18,19)11-6-8(13)2-5-10(11)14/h2,5-6,9H,3-4,7H2,1H3,(H,15,17). The third kappa shape index (κ3) is 3.63. The van der Waals surface area contributed by atoms with Crippen LogP contribution in [0.4, 0.5) is 0 Å². The van der Waals surface area contributed by atoms with Crippen LogP contribution in [0.3, 0.4) is 0 Å². The Hall–Kier alpha value is -0.820. The molecule has 0 aromatic heterocycles. The monoisotopic (exact) mass is 336 g/mol. The number of carbonyl (C=O) groups is 1. The molecule has 0 spiro atoms. The average molecular weight is 337 g/mol. The van der Waals surface area contributed by atoms with Gasteiger partial charge in [0.2, 0.25) is 15.9 Å². The first-order valence-corrected chi connectivity index (χ1v) is 8.21. The Kier molecular flexibility index (Phi) is 4.59. The van der Waals surface area contributed by atoms with E-state index in [-0.39, 0.29) is 33.4 Å². The van der Waals surface area contributed by atoms with Crippen LogP contribution in [0.2, 0.25) is 10.0 Å². The minimum atomic E-state index is -3.85. The fourth-order valence-corrected chi connectivity index (χ4v) is 3.49. The summed E-state index contributed by atoms with van der Waals surface area (Å²) in [5.41, 5.74) is 0. The summed E-state index contributed by atoms with van der Waals surface area (Å²) in [6.07, 6.45) is 1.89. The van der Waals surface area contributed by atoms with Crippen molar-refractivity contribution in [2.75, 3.05) is 13.6 Å². The van der Waals surface area contributed by atoms with Gasteiger partial charge in [-0.2, -0.15) is 4.31 Å². The van der Waals surface area contributed by atoms with Gasteiger partial charge < -0.3 is 5.32 Å². The number of hydrogen-bond acceptors (Lipinski definition) is 3. The molecule has 1 saturated carbocycles. The minimum Gasteiger partial charge on any atom is -0.352 e. The summed E-state index contributed by atoms with van der Waals surface area (Å²) in [7, 11) is -2.51. The van der Waals surface area contributed by atoms with E-state index in [1.54, 1.807) is 0 Å². The molecule has 20 heavy (non-hydrogen) atoms. The van der Waals surface area contributed by atoms with Crippen molar-refractivity contribution in [3.63, 3.8) is 0 Å². The van der Waals surface area contributed by atoms with Gasteiger partial charge in [0.05, 0.1) is 11.6 Å². The van der Waals surface area contributed by atoms with Crippen molar-refractivity contribution in [2.24, 2.45) is 0 Å². The molecule has 8 heteroatoms. The molecule has 0 heterocycles. The molecule has 1 aromatic carbocycles. The fraction of sp³-hybridized carbons (Fsp3) is 0.417. The molecule has 0 bridgehead atoms. The maximum Gasteiger partial charge on any atom is 0.244 e. The number of rotatable bonds is 5. The quantitative estimate of drug-likeness (QED) is 0.892. The molecular formula is C12H14Cl2N2O3S. The Labute approximate surface area is 127 Å². The molecule has 1 amide bonds. The highest BCUT2D eigenvalue weighted by molar-refractivity contribution is 7.89. The lowest BCUT2D eigenvalue weighted by atomic mass is 10.4. The number of halogens is 2. The average Bonchev–Trinajstić information content (AvgIpc) is 3.15. The summed E-state index contributed by atoms with van der Waals surface area (Å²) in [6.45, 7) is -0.248. The van der Waals surface area contributed by atoms with Crippen LogP contribution < -0.4 is 5.32 Å². The number of nitrogens with one attached hydrogen (secondary N) is 1. The molecule has 0 atom stereocenters. The second kappa shape index (κ2) is 5.89. The summed E-state index contributed by atoms with van der Waals surface area (Å²) in [4.78, 5) is 11.6. The molecule has 1 aliphatic rings. The normalized spacial score (nSPS) is 15.4. The van der Waals surface area contributed by atoms with Crippen LogP contribution in [0.15, 0.2) is 23.1 Å². The highest BCUT2D eigenvalue weighted by atomic mass is 35.5. The number of benzene rings is 1. The Morgan fingerprint density at radius 2 is 2.05 bits per heavy atom. The van der Waals surface area contributed by atoms with E-state index >= 15 is 0 Å². The van der Waals surface area contributed by atoms with E-state index in [2.05, 4.69) is 5.32 Å². The maximum atomic E-state index is 12.3. The van der Waals surface area contributed by atoms with Crippen molar-refractivity contribution in [1.29, 1.82) is 0 Å². The predicted molar refractivity (Wildman–Crippen MR) is 77.4 cm³/mol. The van der Waals surface area contributed by atoms with E-state index in [4.69, 9.17) is 23.2 Å². The summed E-state index contributed by atoms with van der Waals surface area (Å²) in [5, 5.41) is 3.07. The molecule has 110 valence electrons. The Morgan fingerprint density at radius 3 is 2.65 bits per heavy atom.